The number of halogens is 2. The summed E-state index contributed by atoms with van der Waals surface area (Å²) < 4.78 is 15.5. The molecule has 0 fully saturated rings. The zero-order chi connectivity index (χ0) is 12.7. The van der Waals surface area contributed by atoms with Crippen LogP contribution in [0.15, 0.2) is 12.1 Å². The Morgan fingerprint density at radius 3 is 1.44 bits per heavy atom. The van der Waals surface area contributed by atoms with Crippen molar-refractivity contribution in [3.63, 3.8) is 0 Å². The highest BCUT2D eigenvalue weighted by Gasteiger charge is 2.26. The smallest absolute Gasteiger partial charge is 0.130 e. The Morgan fingerprint density at radius 2 is 1.19 bits per heavy atom. The summed E-state index contributed by atoms with van der Waals surface area (Å²) in [6.45, 7) is 12.3. The maximum absolute atomic E-state index is 14.4. The van der Waals surface area contributed by atoms with E-state index in [2.05, 4.69) is 22.6 Å². The average Bonchev–Trinajstić information content (AvgIpc) is 2.04. The van der Waals surface area contributed by atoms with E-state index in [9.17, 15) is 4.39 Å². The lowest BCUT2D eigenvalue weighted by Crippen LogP contribution is -2.20. The van der Waals surface area contributed by atoms with Crippen molar-refractivity contribution in [2.75, 3.05) is 0 Å². The molecule has 0 radical (unpaired) electrons. The molecule has 0 aliphatic heterocycles. The van der Waals surface area contributed by atoms with Gasteiger partial charge in [-0.05, 0) is 56.7 Å². The van der Waals surface area contributed by atoms with Crippen molar-refractivity contribution in [2.45, 2.75) is 52.4 Å². The number of rotatable bonds is 0. The van der Waals surface area contributed by atoms with Gasteiger partial charge in [0, 0.05) is 3.57 Å². The molecule has 16 heavy (non-hydrogen) atoms. The molecule has 0 atom stereocenters. The molecule has 0 saturated heterocycles. The van der Waals surface area contributed by atoms with E-state index in [0.29, 0.717) is 0 Å². The lowest BCUT2D eigenvalue weighted by Gasteiger charge is -2.26. The molecule has 1 aromatic carbocycles. The predicted molar refractivity (Wildman–Crippen MR) is 76.5 cm³/mol. The highest BCUT2D eigenvalue weighted by molar-refractivity contribution is 14.1. The monoisotopic (exact) mass is 334 g/mol. The van der Waals surface area contributed by atoms with Crippen LogP contribution in [0.1, 0.15) is 52.7 Å². The van der Waals surface area contributed by atoms with Crippen LogP contribution in [0.3, 0.4) is 0 Å². The summed E-state index contributed by atoms with van der Waals surface area (Å²) in [5.74, 6) is -0.0413. The van der Waals surface area contributed by atoms with Crippen LogP contribution in [0.2, 0.25) is 0 Å². The lowest BCUT2D eigenvalue weighted by molar-refractivity contribution is 0.480. The fourth-order valence-electron chi connectivity index (χ4n) is 1.68. The van der Waals surface area contributed by atoms with Crippen LogP contribution in [0.25, 0.3) is 0 Å². The van der Waals surface area contributed by atoms with Crippen LogP contribution in [0.4, 0.5) is 4.39 Å². The first kappa shape index (κ1) is 13.9. The summed E-state index contributed by atoms with van der Waals surface area (Å²) in [6.07, 6.45) is 0. The minimum absolute atomic E-state index is 0.0413. The molecule has 0 aliphatic carbocycles. The number of hydrogen-bond donors (Lipinski definition) is 0. The molecular weight excluding hydrogens is 314 g/mol. The third-order valence-corrected chi connectivity index (χ3v) is 3.28. The third kappa shape index (κ3) is 2.96. The van der Waals surface area contributed by atoms with Crippen LogP contribution in [-0.4, -0.2) is 0 Å². The summed E-state index contributed by atoms with van der Waals surface area (Å²) >= 11 is 2.26. The van der Waals surface area contributed by atoms with Crippen molar-refractivity contribution in [2.24, 2.45) is 0 Å². The van der Waals surface area contributed by atoms with Crippen molar-refractivity contribution in [1.29, 1.82) is 0 Å². The van der Waals surface area contributed by atoms with Crippen LogP contribution in [0.5, 0.6) is 0 Å². The second-order valence-corrected chi connectivity index (χ2v) is 7.56. The van der Waals surface area contributed by atoms with Crippen molar-refractivity contribution < 1.29 is 4.39 Å². The Kier molecular flexibility index (Phi) is 3.73. The Hall–Kier alpha value is -0.120. The van der Waals surface area contributed by atoms with Gasteiger partial charge < -0.3 is 0 Å². The first-order valence-electron chi connectivity index (χ1n) is 5.53. The summed E-state index contributed by atoms with van der Waals surface area (Å²) in [4.78, 5) is 0. The molecule has 2 heteroatoms. The first-order chi connectivity index (χ1) is 7.03. The Balaban J connectivity index is 3.51. The molecule has 0 amide bonds. The van der Waals surface area contributed by atoms with E-state index in [-0.39, 0.29) is 16.6 Å². The summed E-state index contributed by atoms with van der Waals surface area (Å²) in [5, 5.41) is 0. The molecule has 0 aromatic heterocycles. The number of hydrogen-bond acceptors (Lipinski definition) is 0. The lowest BCUT2D eigenvalue weighted by atomic mass is 9.80. The van der Waals surface area contributed by atoms with Gasteiger partial charge in [0.1, 0.15) is 5.82 Å². The van der Waals surface area contributed by atoms with Crippen LogP contribution < -0.4 is 0 Å². The molecule has 90 valence electrons. The maximum atomic E-state index is 14.4. The van der Waals surface area contributed by atoms with Gasteiger partial charge in [-0.1, -0.05) is 41.5 Å². The van der Waals surface area contributed by atoms with E-state index in [1.165, 1.54) is 0 Å². The van der Waals surface area contributed by atoms with Gasteiger partial charge in [-0.25, -0.2) is 4.39 Å². The minimum Gasteiger partial charge on any atom is -0.206 e. The quantitative estimate of drug-likeness (QED) is 0.584. The van der Waals surface area contributed by atoms with Gasteiger partial charge >= 0.3 is 0 Å². The van der Waals surface area contributed by atoms with Crippen LogP contribution in [-0.2, 0) is 10.8 Å². The summed E-state index contributed by atoms with van der Waals surface area (Å²) in [6, 6.07) is 3.90. The molecule has 1 aromatic rings. The molecule has 0 heterocycles. The zero-order valence-corrected chi connectivity index (χ0v) is 13.1. The Bertz CT molecular complexity index is 359. The maximum Gasteiger partial charge on any atom is 0.130 e. The third-order valence-electron chi connectivity index (χ3n) is 2.65. The highest BCUT2D eigenvalue weighted by Crippen LogP contribution is 2.34. The molecule has 0 unspecified atom stereocenters. The van der Waals surface area contributed by atoms with Gasteiger partial charge in [0.2, 0.25) is 0 Å². The molecule has 0 bridgehead atoms. The molecule has 0 spiro atoms. The molecule has 0 saturated carbocycles. The second-order valence-electron chi connectivity index (χ2n) is 6.31. The van der Waals surface area contributed by atoms with Gasteiger partial charge in [-0.3, -0.25) is 0 Å². The molecule has 0 aliphatic rings. The van der Waals surface area contributed by atoms with Crippen LogP contribution in [0, 0.1) is 9.39 Å². The van der Waals surface area contributed by atoms with Gasteiger partial charge in [-0.2, -0.15) is 0 Å². The van der Waals surface area contributed by atoms with E-state index in [1.807, 2.05) is 53.7 Å². The largest absolute Gasteiger partial charge is 0.206 e. The van der Waals surface area contributed by atoms with E-state index < -0.39 is 0 Å². The topological polar surface area (TPSA) is 0 Å². The van der Waals surface area contributed by atoms with Crippen LogP contribution >= 0.6 is 22.6 Å². The predicted octanol–water partition coefficient (Wildman–Crippen LogP) is 5.03. The molecule has 1 rings (SSSR count). The Morgan fingerprint density at radius 1 is 0.875 bits per heavy atom. The van der Waals surface area contributed by atoms with Gasteiger partial charge in [-0.15, -0.1) is 0 Å². The fourth-order valence-corrected chi connectivity index (χ4v) is 2.30. The fraction of sp³-hybridized carbons (Fsp3) is 0.571. The minimum atomic E-state index is -0.148. The van der Waals surface area contributed by atoms with Gasteiger partial charge in [0.15, 0.2) is 0 Å². The van der Waals surface area contributed by atoms with Crippen molar-refractivity contribution in [1.82, 2.24) is 0 Å². The summed E-state index contributed by atoms with van der Waals surface area (Å²) in [5.41, 5.74) is 1.32. The molecular formula is C14H20FI. The van der Waals surface area contributed by atoms with Crippen molar-refractivity contribution in [3.05, 3.63) is 32.6 Å². The van der Waals surface area contributed by atoms with Gasteiger partial charge in [0.05, 0.1) is 0 Å². The molecule has 0 nitrogen and oxygen atoms in total. The van der Waals surface area contributed by atoms with Gasteiger partial charge in [0.25, 0.3) is 0 Å². The van der Waals surface area contributed by atoms with E-state index >= 15 is 0 Å². The summed E-state index contributed by atoms with van der Waals surface area (Å²) in [7, 11) is 0. The standard InChI is InChI=1S/C14H20FI/c1-13(2,3)10-7-9(16)8-11(12(10)15)14(4,5)6/h7-8H,1-6H3. The SMILES string of the molecule is CC(C)(C)c1cc(I)cc(C(C)(C)C)c1F. The zero-order valence-electron chi connectivity index (χ0n) is 10.9. The van der Waals surface area contributed by atoms with E-state index in [0.717, 1.165) is 14.7 Å². The normalized spacial score (nSPS) is 13.0. The van der Waals surface area contributed by atoms with Crippen molar-refractivity contribution in [3.8, 4) is 0 Å². The highest BCUT2D eigenvalue weighted by atomic mass is 127. The van der Waals surface area contributed by atoms with E-state index in [4.69, 9.17) is 0 Å². The second kappa shape index (κ2) is 4.28. The number of benzene rings is 1. The van der Waals surface area contributed by atoms with Crippen molar-refractivity contribution >= 4 is 22.6 Å². The molecule has 0 N–H and O–H groups in total. The van der Waals surface area contributed by atoms with E-state index in [1.54, 1.807) is 0 Å². The first-order valence-corrected chi connectivity index (χ1v) is 6.61. The average molecular weight is 334 g/mol. The Labute approximate surface area is 112 Å².